The fourth-order valence-corrected chi connectivity index (χ4v) is 9.18. The number of aryl methyl sites for hydroxylation is 2. The molecule has 0 saturated carbocycles. The number of fused-ring (bicyclic) bond motifs is 2. The van der Waals surface area contributed by atoms with Crippen molar-refractivity contribution in [2.24, 2.45) is 0 Å². The standard InChI is InChI=1S/C19H13NS.C19H12NS.2C12H10N.2CH4O.2Ir/c2*1-2-5-14(6-3-1)15-7-4-8-16(13-15)19-17-10-12-21-18(17)9-11-20-19;2*1-10-6-5-9-12(13-10)11-7-3-2-4-8-11;2*1-2;;/h1-13H;1-7,9-13H;2*2-7,9H,1H3;2*2H,1H3;;/q;3*-1;;;;. The number of rotatable bonds is 6. The van der Waals surface area contributed by atoms with Crippen molar-refractivity contribution < 1.29 is 50.4 Å². The molecule has 0 amide bonds. The predicted molar refractivity (Wildman–Crippen MR) is 303 cm³/mol. The van der Waals surface area contributed by atoms with E-state index in [2.05, 4.69) is 158 Å². The molecule has 6 nitrogen and oxygen atoms in total. The average molecular weight is 1360 g/mol. The second kappa shape index (κ2) is 30.9. The van der Waals surface area contributed by atoms with Crippen LogP contribution in [0.25, 0.3) is 87.5 Å². The first kappa shape index (κ1) is 58.0. The molecule has 0 spiro atoms. The second-order valence-corrected chi connectivity index (χ2v) is 17.6. The van der Waals surface area contributed by atoms with Crippen LogP contribution in [0.5, 0.6) is 0 Å². The summed E-state index contributed by atoms with van der Waals surface area (Å²) in [5.74, 6) is 0. The van der Waals surface area contributed by atoms with Crippen LogP contribution in [0.15, 0.2) is 235 Å². The maximum atomic E-state index is 7.00. The van der Waals surface area contributed by atoms with Gasteiger partial charge in [-0.1, -0.05) is 109 Å². The maximum Gasteiger partial charge on any atom is 0.0788 e. The van der Waals surface area contributed by atoms with Gasteiger partial charge in [-0.3, -0.25) is 4.98 Å². The molecule has 0 saturated heterocycles. The minimum Gasteiger partial charge on any atom is -0.400 e. The first-order chi connectivity index (χ1) is 35.6. The number of benzene rings is 6. The third-order valence-corrected chi connectivity index (χ3v) is 12.7. The Morgan fingerprint density at radius 3 is 1.30 bits per heavy atom. The Morgan fingerprint density at radius 2 is 0.797 bits per heavy atom. The smallest absolute Gasteiger partial charge is 0.0788 e. The van der Waals surface area contributed by atoms with E-state index in [0.29, 0.717) is 0 Å². The molecule has 12 aromatic rings. The Kier molecular flexibility index (Phi) is 24.2. The average Bonchev–Trinajstić information content (AvgIpc) is 4.17. The van der Waals surface area contributed by atoms with Crippen LogP contribution in [0.1, 0.15) is 11.4 Å². The van der Waals surface area contributed by atoms with Gasteiger partial charge in [-0.25, -0.2) is 0 Å². The van der Waals surface area contributed by atoms with Gasteiger partial charge < -0.3 is 25.2 Å². The van der Waals surface area contributed by atoms with Gasteiger partial charge >= 0.3 is 0 Å². The van der Waals surface area contributed by atoms with Crippen molar-refractivity contribution in [1.29, 1.82) is 0 Å². The van der Waals surface area contributed by atoms with Gasteiger partial charge in [0.15, 0.2) is 0 Å². The molecule has 0 unspecified atom stereocenters. The van der Waals surface area contributed by atoms with Crippen molar-refractivity contribution in [2.75, 3.05) is 14.2 Å². The van der Waals surface area contributed by atoms with E-state index in [1.807, 2.05) is 129 Å². The van der Waals surface area contributed by atoms with Crippen molar-refractivity contribution >= 4 is 42.8 Å². The largest absolute Gasteiger partial charge is 0.400 e. The molecule has 2 radical (unpaired) electrons. The summed E-state index contributed by atoms with van der Waals surface area (Å²) in [7, 11) is 2.00. The molecule has 6 aromatic heterocycles. The van der Waals surface area contributed by atoms with Crippen molar-refractivity contribution in [2.45, 2.75) is 13.8 Å². The zero-order valence-corrected chi connectivity index (χ0v) is 47.6. The molecule has 74 heavy (non-hydrogen) atoms. The minimum absolute atomic E-state index is 0. The molecule has 0 fully saturated rings. The van der Waals surface area contributed by atoms with Crippen molar-refractivity contribution in [3.8, 4) is 67.3 Å². The Morgan fingerprint density at radius 1 is 0.365 bits per heavy atom. The number of pyridine rings is 4. The zero-order chi connectivity index (χ0) is 50.3. The van der Waals surface area contributed by atoms with Crippen molar-refractivity contribution in [3.05, 3.63) is 265 Å². The quantitative estimate of drug-likeness (QED) is 0.161. The normalized spacial score (nSPS) is 9.81. The predicted octanol–water partition coefficient (Wildman–Crippen LogP) is 16.0. The first-order valence-electron chi connectivity index (χ1n) is 23.1. The van der Waals surface area contributed by atoms with Crippen LogP contribution in [0, 0.1) is 32.0 Å². The summed E-state index contributed by atoms with van der Waals surface area (Å²) in [6.45, 7) is 3.98. The zero-order valence-electron chi connectivity index (χ0n) is 41.2. The third-order valence-electron chi connectivity index (χ3n) is 10.9. The summed E-state index contributed by atoms with van der Waals surface area (Å²) in [6.07, 6.45) is 3.76. The van der Waals surface area contributed by atoms with E-state index in [-0.39, 0.29) is 40.2 Å². The summed E-state index contributed by atoms with van der Waals surface area (Å²) in [6, 6.07) is 81.5. The fraction of sp³-hybridized carbons (Fsp3) is 0.0625. The van der Waals surface area contributed by atoms with Gasteiger partial charge in [0.05, 0.1) is 5.69 Å². The molecule has 0 aliphatic carbocycles. The number of aliphatic hydroxyl groups is 2. The summed E-state index contributed by atoms with van der Waals surface area (Å²) in [4.78, 5) is 18.0. The number of nitrogens with zero attached hydrogens (tertiary/aromatic N) is 4. The van der Waals surface area contributed by atoms with Gasteiger partial charge in [0.25, 0.3) is 0 Å². The molecule has 0 aliphatic rings. The van der Waals surface area contributed by atoms with E-state index in [4.69, 9.17) is 10.2 Å². The van der Waals surface area contributed by atoms with Crippen LogP contribution in [-0.4, -0.2) is 44.4 Å². The van der Waals surface area contributed by atoms with E-state index in [1.165, 1.54) is 48.0 Å². The molecule has 0 bridgehead atoms. The summed E-state index contributed by atoms with van der Waals surface area (Å²) >= 11 is 3.50. The van der Waals surface area contributed by atoms with E-state index in [1.54, 1.807) is 22.7 Å². The number of hydrogen-bond acceptors (Lipinski definition) is 8. The number of thiophene rings is 2. The van der Waals surface area contributed by atoms with Crippen LogP contribution in [0.4, 0.5) is 0 Å². The molecular formula is C64H53Ir2N4O2S2-3. The number of aromatic nitrogens is 4. The van der Waals surface area contributed by atoms with Crippen molar-refractivity contribution in [1.82, 2.24) is 19.9 Å². The van der Waals surface area contributed by atoms with Crippen LogP contribution in [-0.2, 0) is 40.2 Å². The molecule has 0 aliphatic heterocycles. The molecule has 12 rings (SSSR count). The van der Waals surface area contributed by atoms with Gasteiger partial charge in [0.2, 0.25) is 0 Å². The summed E-state index contributed by atoms with van der Waals surface area (Å²) < 4.78 is 2.55. The molecular weight excluding hydrogens is 1310 g/mol. The van der Waals surface area contributed by atoms with E-state index in [0.717, 1.165) is 65.1 Å². The monoisotopic (exact) mass is 1360 g/mol. The minimum atomic E-state index is 0. The van der Waals surface area contributed by atoms with Gasteiger partial charge in [0, 0.05) is 98.6 Å². The molecule has 6 aromatic carbocycles. The van der Waals surface area contributed by atoms with E-state index < -0.39 is 0 Å². The number of hydrogen-bond donors (Lipinski definition) is 2. The molecule has 2 N–H and O–H groups in total. The Balaban J connectivity index is 0.000000181. The topological polar surface area (TPSA) is 92.0 Å². The van der Waals surface area contributed by atoms with Crippen LogP contribution < -0.4 is 0 Å². The SMILES string of the molecule is CO.CO.Cc1cccc(-c2[c-]cccc2)n1.Cc1cccc(-c2[c-]cccc2)n1.[Ir].[Ir].[c-]1ccc(-c2ccccc2)cc1-c1nccc2sccc12.c1ccc(-c2cccc(-c3nccc4sccc34)c2)cc1. The number of aliphatic hydroxyl groups excluding tert-OH is 2. The fourth-order valence-electron chi connectivity index (χ4n) is 7.62. The van der Waals surface area contributed by atoms with Gasteiger partial charge in [0.1, 0.15) is 0 Å². The van der Waals surface area contributed by atoms with Crippen LogP contribution in [0.2, 0.25) is 0 Å². The third kappa shape index (κ3) is 16.0. The first-order valence-corrected chi connectivity index (χ1v) is 24.9. The molecule has 374 valence electrons. The van der Waals surface area contributed by atoms with Crippen LogP contribution >= 0.6 is 22.7 Å². The van der Waals surface area contributed by atoms with Gasteiger partial charge in [-0.2, -0.15) is 0 Å². The van der Waals surface area contributed by atoms with Gasteiger partial charge in [-0.05, 0) is 100 Å². The summed E-state index contributed by atoms with van der Waals surface area (Å²) in [5.41, 5.74) is 15.3. The molecule has 6 heterocycles. The van der Waals surface area contributed by atoms with Crippen molar-refractivity contribution in [3.63, 3.8) is 0 Å². The summed E-state index contributed by atoms with van der Waals surface area (Å²) in [5, 5.41) is 20.7. The second-order valence-electron chi connectivity index (χ2n) is 15.7. The maximum absolute atomic E-state index is 7.00. The Hall–Kier alpha value is -6.94. The Bertz CT molecular complexity index is 3270. The Labute approximate surface area is 470 Å². The molecule has 0 atom stereocenters. The van der Waals surface area contributed by atoms with E-state index >= 15 is 0 Å². The molecule has 10 heteroatoms. The van der Waals surface area contributed by atoms with Crippen LogP contribution in [0.3, 0.4) is 0 Å². The van der Waals surface area contributed by atoms with Gasteiger partial charge in [-0.15, -0.1) is 130 Å². The van der Waals surface area contributed by atoms with E-state index in [9.17, 15) is 0 Å².